The lowest BCUT2D eigenvalue weighted by molar-refractivity contribution is 0.110. The first-order chi connectivity index (χ1) is 8.75. The monoisotopic (exact) mass is 245 g/mol. The van der Waals surface area contributed by atoms with Gasteiger partial charge in [0.05, 0.1) is 6.10 Å². The van der Waals surface area contributed by atoms with Crippen LogP contribution in [0.1, 0.15) is 42.1 Å². The van der Waals surface area contributed by atoms with Gasteiger partial charge in [-0.1, -0.05) is 18.2 Å². The molecule has 0 radical (unpaired) electrons. The first-order valence-electron chi connectivity index (χ1n) is 7.14. The van der Waals surface area contributed by atoms with E-state index in [2.05, 4.69) is 37.2 Å². The van der Waals surface area contributed by atoms with E-state index >= 15 is 0 Å². The number of nitrogens with zero attached hydrogens (tertiary/aromatic N) is 1. The fourth-order valence-corrected chi connectivity index (χ4v) is 3.36. The molecule has 2 atom stereocenters. The lowest BCUT2D eigenvalue weighted by atomic mass is 9.83. The van der Waals surface area contributed by atoms with Crippen LogP contribution >= 0.6 is 0 Å². The summed E-state index contributed by atoms with van der Waals surface area (Å²) >= 11 is 0. The highest BCUT2D eigenvalue weighted by molar-refractivity contribution is 5.39. The average molecular weight is 245 g/mol. The Morgan fingerprint density at radius 1 is 1.22 bits per heavy atom. The maximum atomic E-state index is 5.89. The van der Waals surface area contributed by atoms with Crippen molar-refractivity contribution in [2.75, 3.05) is 20.7 Å². The van der Waals surface area contributed by atoms with Gasteiger partial charge in [-0.25, -0.2) is 0 Å². The Morgan fingerprint density at radius 3 is 2.83 bits per heavy atom. The molecule has 98 valence electrons. The topological polar surface area (TPSA) is 12.5 Å². The van der Waals surface area contributed by atoms with Crippen LogP contribution in [0, 0.1) is 0 Å². The fraction of sp³-hybridized carbons (Fsp3) is 0.625. The first-order valence-corrected chi connectivity index (χ1v) is 7.14. The van der Waals surface area contributed by atoms with Gasteiger partial charge in [0.15, 0.2) is 0 Å². The van der Waals surface area contributed by atoms with Gasteiger partial charge in [0.25, 0.3) is 0 Å². The van der Waals surface area contributed by atoms with Gasteiger partial charge in [0, 0.05) is 12.6 Å². The molecule has 0 aromatic heterocycles. The van der Waals surface area contributed by atoms with Crippen LogP contribution in [0.15, 0.2) is 18.2 Å². The third kappa shape index (κ3) is 2.19. The molecule has 1 aliphatic heterocycles. The molecule has 2 aliphatic rings. The zero-order chi connectivity index (χ0) is 12.5. The molecule has 1 aromatic rings. The maximum absolute atomic E-state index is 5.89. The molecule has 18 heavy (non-hydrogen) atoms. The van der Waals surface area contributed by atoms with Crippen LogP contribution in [-0.4, -0.2) is 31.6 Å². The lowest BCUT2D eigenvalue weighted by Crippen LogP contribution is -2.34. The number of likely N-dealkylation sites (N-methyl/N-ethyl adjacent to an activating group) is 1. The number of hydrogen-bond donors (Lipinski definition) is 0. The zero-order valence-corrected chi connectivity index (χ0v) is 11.5. The van der Waals surface area contributed by atoms with Crippen molar-refractivity contribution in [3.05, 3.63) is 34.9 Å². The Balaban J connectivity index is 1.92. The van der Waals surface area contributed by atoms with Crippen molar-refractivity contribution >= 4 is 0 Å². The van der Waals surface area contributed by atoms with Crippen molar-refractivity contribution in [1.29, 1.82) is 0 Å². The molecule has 2 heteroatoms. The van der Waals surface area contributed by atoms with Gasteiger partial charge in [-0.2, -0.15) is 0 Å². The van der Waals surface area contributed by atoms with Gasteiger partial charge < -0.3 is 9.64 Å². The molecular formula is C16H23NO. The number of aryl methyl sites for hydroxylation is 1. The summed E-state index contributed by atoms with van der Waals surface area (Å²) in [4.78, 5) is 2.37. The number of rotatable bonds is 2. The molecule has 3 rings (SSSR count). The summed E-state index contributed by atoms with van der Waals surface area (Å²) in [6.07, 6.45) is 6.47. The molecule has 1 heterocycles. The van der Waals surface area contributed by atoms with E-state index in [0.29, 0.717) is 12.1 Å². The van der Waals surface area contributed by atoms with Crippen molar-refractivity contribution in [3.63, 3.8) is 0 Å². The molecule has 0 saturated carbocycles. The standard InChI is InChI=1S/C16H23NO/c1-17(2)13-9-8-12-5-3-6-14(15(12)11-13)16-7-4-10-18-16/h3,5-6,13,16H,4,7-11H2,1-2H3. The van der Waals surface area contributed by atoms with Gasteiger partial charge in [-0.05, 0) is 62.9 Å². The second-order valence-corrected chi connectivity index (χ2v) is 5.85. The van der Waals surface area contributed by atoms with Crippen molar-refractivity contribution < 1.29 is 4.74 Å². The Kier molecular flexibility index (Phi) is 3.40. The Morgan fingerprint density at radius 2 is 2.11 bits per heavy atom. The van der Waals surface area contributed by atoms with E-state index in [9.17, 15) is 0 Å². The quantitative estimate of drug-likeness (QED) is 0.794. The van der Waals surface area contributed by atoms with Gasteiger partial charge in [0.2, 0.25) is 0 Å². The highest BCUT2D eigenvalue weighted by atomic mass is 16.5. The van der Waals surface area contributed by atoms with Crippen LogP contribution in [0.2, 0.25) is 0 Å². The predicted octanol–water partition coefficient (Wildman–Crippen LogP) is 2.96. The van der Waals surface area contributed by atoms with E-state index in [1.54, 1.807) is 11.1 Å². The third-order valence-electron chi connectivity index (χ3n) is 4.50. The third-order valence-corrected chi connectivity index (χ3v) is 4.50. The molecule has 1 fully saturated rings. The molecule has 0 N–H and O–H groups in total. The normalized spacial score (nSPS) is 27.5. The number of hydrogen-bond acceptors (Lipinski definition) is 2. The number of fused-ring (bicyclic) bond motifs is 1. The summed E-state index contributed by atoms with van der Waals surface area (Å²) in [6.45, 7) is 0.936. The first kappa shape index (κ1) is 12.2. The lowest BCUT2D eigenvalue weighted by Gasteiger charge is -2.32. The van der Waals surface area contributed by atoms with Crippen LogP contribution < -0.4 is 0 Å². The van der Waals surface area contributed by atoms with Crippen LogP contribution in [0.25, 0.3) is 0 Å². The highest BCUT2D eigenvalue weighted by Gasteiger charge is 2.26. The van der Waals surface area contributed by atoms with E-state index in [4.69, 9.17) is 4.74 Å². The van der Waals surface area contributed by atoms with Crippen molar-refractivity contribution in [2.45, 2.75) is 44.2 Å². The highest BCUT2D eigenvalue weighted by Crippen LogP contribution is 2.35. The SMILES string of the molecule is CN(C)C1CCc2cccc(C3CCCO3)c2C1. The number of ether oxygens (including phenoxy) is 1. The summed E-state index contributed by atoms with van der Waals surface area (Å²) in [6, 6.07) is 7.50. The van der Waals surface area contributed by atoms with Gasteiger partial charge in [-0.15, -0.1) is 0 Å². The Hall–Kier alpha value is -0.860. The maximum Gasteiger partial charge on any atom is 0.0828 e. The summed E-state index contributed by atoms with van der Waals surface area (Å²) in [5.41, 5.74) is 4.60. The molecule has 2 nitrogen and oxygen atoms in total. The van der Waals surface area contributed by atoms with Gasteiger partial charge in [-0.3, -0.25) is 0 Å². The smallest absolute Gasteiger partial charge is 0.0828 e. The fourth-order valence-electron chi connectivity index (χ4n) is 3.36. The molecule has 1 saturated heterocycles. The summed E-state index contributed by atoms with van der Waals surface area (Å²) in [7, 11) is 4.40. The zero-order valence-electron chi connectivity index (χ0n) is 11.5. The Bertz CT molecular complexity index is 421. The van der Waals surface area contributed by atoms with E-state index in [1.165, 1.54) is 37.7 Å². The van der Waals surface area contributed by atoms with Crippen molar-refractivity contribution in [2.24, 2.45) is 0 Å². The Labute approximate surface area is 110 Å². The second-order valence-electron chi connectivity index (χ2n) is 5.85. The van der Waals surface area contributed by atoms with E-state index in [-0.39, 0.29) is 0 Å². The van der Waals surface area contributed by atoms with Crippen molar-refractivity contribution in [1.82, 2.24) is 4.90 Å². The molecule has 0 amide bonds. The van der Waals surface area contributed by atoms with Crippen LogP contribution in [0.4, 0.5) is 0 Å². The van der Waals surface area contributed by atoms with Gasteiger partial charge in [0.1, 0.15) is 0 Å². The minimum atomic E-state index is 0.362. The predicted molar refractivity (Wildman–Crippen MR) is 73.9 cm³/mol. The van der Waals surface area contributed by atoms with Crippen molar-refractivity contribution in [3.8, 4) is 0 Å². The minimum Gasteiger partial charge on any atom is -0.374 e. The van der Waals surface area contributed by atoms with E-state index in [0.717, 1.165) is 6.61 Å². The summed E-state index contributed by atoms with van der Waals surface area (Å²) in [5, 5.41) is 0. The largest absolute Gasteiger partial charge is 0.374 e. The molecule has 1 aliphatic carbocycles. The van der Waals surface area contributed by atoms with Crippen LogP contribution in [0.3, 0.4) is 0 Å². The van der Waals surface area contributed by atoms with E-state index < -0.39 is 0 Å². The van der Waals surface area contributed by atoms with Gasteiger partial charge >= 0.3 is 0 Å². The minimum absolute atomic E-state index is 0.362. The molecule has 2 unspecified atom stereocenters. The van der Waals surface area contributed by atoms with Crippen LogP contribution in [-0.2, 0) is 17.6 Å². The molecule has 1 aromatic carbocycles. The van der Waals surface area contributed by atoms with E-state index in [1.807, 2.05) is 0 Å². The molecule has 0 spiro atoms. The van der Waals surface area contributed by atoms with Crippen LogP contribution in [0.5, 0.6) is 0 Å². The second kappa shape index (κ2) is 5.02. The number of benzene rings is 1. The average Bonchev–Trinajstić information content (AvgIpc) is 2.91. The summed E-state index contributed by atoms with van der Waals surface area (Å²) < 4.78 is 5.89. The molecular weight excluding hydrogens is 222 g/mol. The summed E-state index contributed by atoms with van der Waals surface area (Å²) in [5.74, 6) is 0. The molecule has 0 bridgehead atoms.